The van der Waals surface area contributed by atoms with Gasteiger partial charge < -0.3 is 10.6 Å². The first kappa shape index (κ1) is 12.0. The van der Waals surface area contributed by atoms with Gasteiger partial charge in [0.25, 0.3) is 0 Å². The summed E-state index contributed by atoms with van der Waals surface area (Å²) in [4.78, 5) is 16.0. The number of nitrogens with one attached hydrogen (secondary N) is 2. The highest BCUT2D eigenvalue weighted by Crippen LogP contribution is 2.06. The van der Waals surface area contributed by atoms with Gasteiger partial charge in [-0.15, -0.1) is 0 Å². The smallest absolute Gasteiger partial charge is 0.226 e. The number of carbonyl (C=O) groups excluding carboxylic acids is 1. The Morgan fingerprint density at radius 2 is 2.53 bits per heavy atom. The maximum atomic E-state index is 11.7. The van der Waals surface area contributed by atoms with Gasteiger partial charge in [-0.2, -0.15) is 0 Å². The van der Waals surface area contributed by atoms with Gasteiger partial charge in [-0.1, -0.05) is 6.07 Å². The van der Waals surface area contributed by atoms with Crippen LogP contribution in [0.1, 0.15) is 17.7 Å². The van der Waals surface area contributed by atoms with Gasteiger partial charge in [0, 0.05) is 12.7 Å². The van der Waals surface area contributed by atoms with E-state index in [1.54, 1.807) is 6.20 Å². The number of carbonyl (C=O) groups is 1. The van der Waals surface area contributed by atoms with Crippen LogP contribution < -0.4 is 10.6 Å². The van der Waals surface area contributed by atoms with Crippen LogP contribution in [-0.4, -0.2) is 30.5 Å². The molecule has 2 heterocycles. The first-order chi connectivity index (χ1) is 8.25. The molecule has 0 spiro atoms. The minimum Gasteiger partial charge on any atom is -0.355 e. The third kappa shape index (κ3) is 3.53. The van der Waals surface area contributed by atoms with Crippen molar-refractivity contribution in [2.45, 2.75) is 19.8 Å². The Morgan fingerprint density at radius 3 is 3.24 bits per heavy atom. The predicted octanol–water partition coefficient (Wildman–Crippen LogP) is 0.658. The van der Waals surface area contributed by atoms with Crippen LogP contribution in [0.4, 0.5) is 0 Å². The minimum absolute atomic E-state index is 0.0682. The number of aromatic nitrogens is 1. The van der Waals surface area contributed by atoms with Gasteiger partial charge in [-0.3, -0.25) is 9.78 Å². The highest BCUT2D eigenvalue weighted by Gasteiger charge is 2.15. The van der Waals surface area contributed by atoms with E-state index in [4.69, 9.17) is 0 Å². The predicted molar refractivity (Wildman–Crippen MR) is 66.7 cm³/mol. The molecular formula is C13H19N3O. The molecule has 0 bridgehead atoms. The van der Waals surface area contributed by atoms with Crippen LogP contribution in [0, 0.1) is 12.8 Å². The van der Waals surface area contributed by atoms with Gasteiger partial charge >= 0.3 is 0 Å². The summed E-state index contributed by atoms with van der Waals surface area (Å²) in [6.07, 6.45) is 3.27. The minimum atomic E-state index is 0.0682. The molecule has 1 amide bonds. The molecule has 0 saturated carbocycles. The Balaban J connectivity index is 1.79. The van der Waals surface area contributed by atoms with Gasteiger partial charge in [0.05, 0.1) is 12.1 Å². The zero-order valence-electron chi connectivity index (χ0n) is 10.2. The molecule has 17 heavy (non-hydrogen) atoms. The summed E-state index contributed by atoms with van der Waals surface area (Å²) < 4.78 is 0. The van der Waals surface area contributed by atoms with Crippen molar-refractivity contribution in [3.63, 3.8) is 0 Å². The average Bonchev–Trinajstić information content (AvgIpc) is 2.82. The summed E-state index contributed by atoms with van der Waals surface area (Å²) >= 11 is 0. The molecule has 1 aromatic rings. The van der Waals surface area contributed by atoms with Gasteiger partial charge in [-0.05, 0) is 44.0 Å². The van der Waals surface area contributed by atoms with Gasteiger partial charge in [-0.25, -0.2) is 0 Å². The molecule has 0 aliphatic carbocycles. The van der Waals surface area contributed by atoms with Crippen molar-refractivity contribution in [3.05, 3.63) is 29.6 Å². The van der Waals surface area contributed by atoms with E-state index in [0.717, 1.165) is 37.3 Å². The molecule has 4 heteroatoms. The zero-order chi connectivity index (χ0) is 12.1. The summed E-state index contributed by atoms with van der Waals surface area (Å²) in [5, 5.41) is 6.27. The van der Waals surface area contributed by atoms with Crippen LogP contribution in [0.3, 0.4) is 0 Å². The topological polar surface area (TPSA) is 54.0 Å². The Bertz CT molecular complexity index is 386. The van der Waals surface area contributed by atoms with E-state index < -0.39 is 0 Å². The maximum absolute atomic E-state index is 11.7. The molecule has 0 radical (unpaired) electrons. The third-order valence-electron chi connectivity index (χ3n) is 3.20. The lowest BCUT2D eigenvalue weighted by Crippen LogP contribution is -2.31. The molecule has 1 saturated heterocycles. The van der Waals surface area contributed by atoms with Crippen LogP contribution in [0.2, 0.25) is 0 Å². The monoisotopic (exact) mass is 233 g/mol. The molecule has 1 aromatic heterocycles. The Morgan fingerprint density at radius 1 is 1.65 bits per heavy atom. The number of pyridine rings is 1. The van der Waals surface area contributed by atoms with Crippen molar-refractivity contribution in [1.82, 2.24) is 15.6 Å². The van der Waals surface area contributed by atoms with Crippen molar-refractivity contribution in [2.24, 2.45) is 5.92 Å². The van der Waals surface area contributed by atoms with Crippen molar-refractivity contribution in [1.29, 1.82) is 0 Å². The molecule has 4 nitrogen and oxygen atoms in total. The number of amides is 1. The highest BCUT2D eigenvalue weighted by molar-refractivity contribution is 5.78. The molecular weight excluding hydrogens is 214 g/mol. The fourth-order valence-corrected chi connectivity index (χ4v) is 2.06. The van der Waals surface area contributed by atoms with Crippen molar-refractivity contribution in [3.8, 4) is 0 Å². The van der Waals surface area contributed by atoms with E-state index in [0.29, 0.717) is 12.3 Å². The summed E-state index contributed by atoms with van der Waals surface area (Å²) in [7, 11) is 0. The third-order valence-corrected chi connectivity index (χ3v) is 3.20. The molecule has 2 N–H and O–H groups in total. The molecule has 1 aliphatic heterocycles. The van der Waals surface area contributed by atoms with E-state index in [2.05, 4.69) is 15.6 Å². The second kappa shape index (κ2) is 5.77. The van der Waals surface area contributed by atoms with E-state index in [-0.39, 0.29) is 5.91 Å². The molecule has 1 aliphatic rings. The van der Waals surface area contributed by atoms with Gasteiger partial charge in [0.15, 0.2) is 0 Å². The standard InChI is InChI=1S/C13H19N3O/c1-10-3-2-5-15-12(10)7-13(17)16-9-11-4-6-14-8-11/h2-3,5,11,14H,4,6-9H2,1H3,(H,16,17). The second-order valence-electron chi connectivity index (χ2n) is 4.61. The number of nitrogens with zero attached hydrogens (tertiary/aromatic N) is 1. The molecule has 0 aromatic carbocycles. The number of hydrogen-bond donors (Lipinski definition) is 2. The fourth-order valence-electron chi connectivity index (χ4n) is 2.06. The number of aryl methyl sites for hydroxylation is 1. The Hall–Kier alpha value is -1.42. The van der Waals surface area contributed by atoms with E-state index in [9.17, 15) is 4.79 Å². The highest BCUT2D eigenvalue weighted by atomic mass is 16.1. The maximum Gasteiger partial charge on any atom is 0.226 e. The van der Waals surface area contributed by atoms with Crippen LogP contribution in [-0.2, 0) is 11.2 Å². The summed E-state index contributed by atoms with van der Waals surface area (Å²) in [5.41, 5.74) is 1.94. The van der Waals surface area contributed by atoms with E-state index >= 15 is 0 Å². The molecule has 1 unspecified atom stereocenters. The SMILES string of the molecule is Cc1cccnc1CC(=O)NCC1CCNC1. The van der Waals surface area contributed by atoms with Crippen molar-refractivity contribution in [2.75, 3.05) is 19.6 Å². The summed E-state index contributed by atoms with van der Waals surface area (Å²) in [6, 6.07) is 3.87. The molecule has 1 fully saturated rings. The normalized spacial score (nSPS) is 19.2. The lowest BCUT2D eigenvalue weighted by molar-refractivity contribution is -0.120. The second-order valence-corrected chi connectivity index (χ2v) is 4.61. The molecule has 92 valence electrons. The van der Waals surface area contributed by atoms with E-state index in [1.807, 2.05) is 19.1 Å². The lowest BCUT2D eigenvalue weighted by Gasteiger charge is -2.10. The quantitative estimate of drug-likeness (QED) is 0.803. The van der Waals surface area contributed by atoms with Crippen LogP contribution in [0.25, 0.3) is 0 Å². The summed E-state index contributed by atoms with van der Waals surface area (Å²) in [6.45, 7) is 4.84. The summed E-state index contributed by atoms with van der Waals surface area (Å²) in [5.74, 6) is 0.655. The fraction of sp³-hybridized carbons (Fsp3) is 0.538. The average molecular weight is 233 g/mol. The van der Waals surface area contributed by atoms with Gasteiger partial charge in [0.1, 0.15) is 0 Å². The Labute approximate surface area is 102 Å². The Kier molecular flexibility index (Phi) is 4.09. The zero-order valence-corrected chi connectivity index (χ0v) is 10.2. The lowest BCUT2D eigenvalue weighted by atomic mass is 10.1. The van der Waals surface area contributed by atoms with Crippen LogP contribution in [0.5, 0.6) is 0 Å². The van der Waals surface area contributed by atoms with E-state index in [1.165, 1.54) is 0 Å². The number of rotatable bonds is 4. The molecule has 1 atom stereocenters. The van der Waals surface area contributed by atoms with Crippen LogP contribution >= 0.6 is 0 Å². The van der Waals surface area contributed by atoms with Crippen molar-refractivity contribution < 1.29 is 4.79 Å². The first-order valence-corrected chi connectivity index (χ1v) is 6.13. The van der Waals surface area contributed by atoms with Crippen LogP contribution in [0.15, 0.2) is 18.3 Å². The largest absolute Gasteiger partial charge is 0.355 e. The van der Waals surface area contributed by atoms with Crippen molar-refractivity contribution >= 4 is 5.91 Å². The molecule has 2 rings (SSSR count). The number of hydrogen-bond acceptors (Lipinski definition) is 3. The first-order valence-electron chi connectivity index (χ1n) is 6.13. The van der Waals surface area contributed by atoms with Gasteiger partial charge in [0.2, 0.25) is 5.91 Å².